The molecule has 2 rings (SSSR count). The molecule has 4 N–H and O–H groups in total. The molecule has 2 atom stereocenters. The van der Waals surface area contributed by atoms with E-state index in [1.54, 1.807) is 0 Å². The smallest absolute Gasteiger partial charge is 0.241 e. The van der Waals surface area contributed by atoms with Gasteiger partial charge in [0.15, 0.2) is 0 Å². The maximum absolute atomic E-state index is 12.2. The highest BCUT2D eigenvalue weighted by atomic mass is 16.2. The predicted octanol–water partition coefficient (Wildman–Crippen LogP) is -0.468. The molecule has 0 spiro atoms. The zero-order chi connectivity index (χ0) is 15.4. The van der Waals surface area contributed by atoms with Gasteiger partial charge in [-0.2, -0.15) is 0 Å². The van der Waals surface area contributed by atoms with E-state index in [4.69, 9.17) is 11.5 Å². The Bertz CT molecular complexity index is 506. The van der Waals surface area contributed by atoms with Crippen molar-refractivity contribution in [2.45, 2.75) is 25.0 Å². The van der Waals surface area contributed by atoms with Crippen LogP contribution in [0.5, 0.6) is 0 Å². The number of carbonyl (C=O) groups is 2. The fourth-order valence-corrected chi connectivity index (χ4v) is 2.53. The SMILES string of the molecule is CN(Cc1ccccc1)CC(N)C(=O)N1CCC1C(N)=O. The van der Waals surface area contributed by atoms with Crippen LogP contribution in [0.2, 0.25) is 0 Å². The molecule has 1 saturated heterocycles. The quantitative estimate of drug-likeness (QED) is 0.741. The second kappa shape index (κ2) is 6.69. The molecule has 21 heavy (non-hydrogen) atoms. The number of primary amides is 1. The Hall–Kier alpha value is -1.92. The van der Waals surface area contributed by atoms with Gasteiger partial charge in [0.25, 0.3) is 0 Å². The highest BCUT2D eigenvalue weighted by molar-refractivity contribution is 5.90. The summed E-state index contributed by atoms with van der Waals surface area (Å²) in [6.07, 6.45) is 0.633. The average Bonchev–Trinajstić information content (AvgIpc) is 2.37. The molecular formula is C15H22N4O2. The Morgan fingerprint density at radius 3 is 2.57 bits per heavy atom. The maximum atomic E-state index is 12.2. The van der Waals surface area contributed by atoms with Crippen molar-refractivity contribution in [1.29, 1.82) is 0 Å². The van der Waals surface area contributed by atoms with Crippen LogP contribution >= 0.6 is 0 Å². The first kappa shape index (κ1) is 15.5. The number of likely N-dealkylation sites (N-methyl/N-ethyl adjacent to an activating group) is 1. The van der Waals surface area contributed by atoms with E-state index in [1.165, 1.54) is 10.5 Å². The van der Waals surface area contributed by atoms with Crippen molar-refractivity contribution in [2.24, 2.45) is 11.5 Å². The fraction of sp³-hybridized carbons (Fsp3) is 0.467. The summed E-state index contributed by atoms with van der Waals surface area (Å²) in [6, 6.07) is 8.86. The number of carbonyl (C=O) groups excluding carboxylic acids is 2. The van der Waals surface area contributed by atoms with Crippen LogP contribution < -0.4 is 11.5 Å². The predicted molar refractivity (Wildman–Crippen MR) is 80.1 cm³/mol. The Balaban J connectivity index is 1.84. The van der Waals surface area contributed by atoms with E-state index in [0.29, 0.717) is 19.5 Å². The molecule has 1 aromatic carbocycles. The minimum atomic E-state index is -0.638. The van der Waals surface area contributed by atoms with Gasteiger partial charge in [-0.25, -0.2) is 0 Å². The molecule has 0 saturated carbocycles. The third-order valence-corrected chi connectivity index (χ3v) is 3.75. The number of nitrogens with zero attached hydrogens (tertiary/aromatic N) is 2. The summed E-state index contributed by atoms with van der Waals surface area (Å²) in [5.41, 5.74) is 12.4. The lowest BCUT2D eigenvalue weighted by molar-refractivity contribution is -0.147. The summed E-state index contributed by atoms with van der Waals surface area (Å²) in [4.78, 5) is 26.8. The van der Waals surface area contributed by atoms with E-state index in [1.807, 2.05) is 42.3 Å². The Kier molecular flexibility index (Phi) is 4.93. The van der Waals surface area contributed by atoms with Gasteiger partial charge in [-0.1, -0.05) is 30.3 Å². The van der Waals surface area contributed by atoms with Crippen LogP contribution in [0, 0.1) is 0 Å². The standard InChI is InChI=1S/C15H22N4O2/c1-18(9-11-5-3-2-4-6-11)10-12(16)15(21)19-8-7-13(19)14(17)20/h2-6,12-13H,7-10,16H2,1H3,(H2,17,20). The van der Waals surface area contributed by atoms with Crippen molar-refractivity contribution < 1.29 is 9.59 Å². The number of hydrogen-bond donors (Lipinski definition) is 2. The first-order valence-corrected chi connectivity index (χ1v) is 7.07. The number of benzene rings is 1. The summed E-state index contributed by atoms with van der Waals surface area (Å²) in [5, 5.41) is 0. The van der Waals surface area contributed by atoms with E-state index in [0.717, 1.165) is 6.54 Å². The third kappa shape index (κ3) is 3.80. The molecule has 6 nitrogen and oxygen atoms in total. The number of hydrogen-bond acceptors (Lipinski definition) is 4. The van der Waals surface area contributed by atoms with Crippen molar-refractivity contribution in [3.8, 4) is 0 Å². The lowest BCUT2D eigenvalue weighted by Crippen LogP contribution is -2.62. The zero-order valence-electron chi connectivity index (χ0n) is 12.2. The lowest BCUT2D eigenvalue weighted by atomic mass is 10.0. The normalized spacial score (nSPS) is 19.2. The average molecular weight is 290 g/mol. The Morgan fingerprint density at radius 2 is 2.05 bits per heavy atom. The van der Waals surface area contributed by atoms with Gasteiger partial charge < -0.3 is 21.3 Å². The number of likely N-dealkylation sites (tertiary alicyclic amines) is 1. The van der Waals surface area contributed by atoms with Gasteiger partial charge in [0.05, 0.1) is 6.04 Å². The van der Waals surface area contributed by atoms with E-state index in [2.05, 4.69) is 0 Å². The first-order chi connectivity index (χ1) is 9.99. The van der Waals surface area contributed by atoms with Gasteiger partial charge in [-0.15, -0.1) is 0 Å². The van der Waals surface area contributed by atoms with Crippen LogP contribution in [0.15, 0.2) is 30.3 Å². The molecule has 0 aromatic heterocycles. The molecule has 1 aromatic rings. The molecule has 2 unspecified atom stereocenters. The minimum Gasteiger partial charge on any atom is -0.368 e. The highest BCUT2D eigenvalue weighted by Crippen LogP contribution is 2.18. The van der Waals surface area contributed by atoms with Crippen LogP contribution in [-0.4, -0.2) is 53.8 Å². The van der Waals surface area contributed by atoms with Gasteiger partial charge in [0.2, 0.25) is 11.8 Å². The monoisotopic (exact) mass is 290 g/mol. The van der Waals surface area contributed by atoms with Gasteiger partial charge in [-0.3, -0.25) is 9.59 Å². The molecule has 1 aliphatic heterocycles. The summed E-state index contributed by atoms with van der Waals surface area (Å²) < 4.78 is 0. The highest BCUT2D eigenvalue weighted by Gasteiger charge is 2.38. The molecule has 6 heteroatoms. The minimum absolute atomic E-state index is 0.204. The fourth-order valence-electron chi connectivity index (χ4n) is 2.53. The topological polar surface area (TPSA) is 92.7 Å². The zero-order valence-corrected chi connectivity index (χ0v) is 12.2. The molecule has 2 amide bonds. The van der Waals surface area contributed by atoms with Crippen molar-refractivity contribution >= 4 is 11.8 Å². The third-order valence-electron chi connectivity index (χ3n) is 3.75. The molecular weight excluding hydrogens is 268 g/mol. The van der Waals surface area contributed by atoms with E-state index >= 15 is 0 Å². The van der Waals surface area contributed by atoms with Crippen LogP contribution in [0.1, 0.15) is 12.0 Å². The first-order valence-electron chi connectivity index (χ1n) is 7.07. The van der Waals surface area contributed by atoms with Crippen LogP contribution in [0.3, 0.4) is 0 Å². The summed E-state index contributed by atoms with van der Waals surface area (Å²) >= 11 is 0. The van der Waals surface area contributed by atoms with Gasteiger partial charge in [0, 0.05) is 19.6 Å². The number of nitrogens with two attached hydrogens (primary N) is 2. The summed E-state index contributed by atoms with van der Waals surface area (Å²) in [6.45, 7) is 1.72. The van der Waals surface area contributed by atoms with Crippen LogP contribution in [0.25, 0.3) is 0 Å². The number of rotatable bonds is 6. The molecule has 1 fully saturated rings. The van der Waals surface area contributed by atoms with Crippen molar-refractivity contribution in [2.75, 3.05) is 20.1 Å². The van der Waals surface area contributed by atoms with Crippen molar-refractivity contribution in [3.63, 3.8) is 0 Å². The van der Waals surface area contributed by atoms with Crippen LogP contribution in [-0.2, 0) is 16.1 Å². The van der Waals surface area contributed by atoms with E-state index in [-0.39, 0.29) is 5.91 Å². The molecule has 0 radical (unpaired) electrons. The van der Waals surface area contributed by atoms with E-state index < -0.39 is 18.0 Å². The molecule has 1 aliphatic rings. The number of amides is 2. The Labute approximate surface area is 124 Å². The van der Waals surface area contributed by atoms with Gasteiger partial charge in [-0.05, 0) is 19.0 Å². The van der Waals surface area contributed by atoms with Crippen molar-refractivity contribution in [3.05, 3.63) is 35.9 Å². The summed E-state index contributed by atoms with van der Waals surface area (Å²) in [5.74, 6) is -0.663. The second-order valence-corrected chi connectivity index (χ2v) is 5.53. The Morgan fingerprint density at radius 1 is 1.38 bits per heavy atom. The van der Waals surface area contributed by atoms with E-state index in [9.17, 15) is 9.59 Å². The molecule has 0 aliphatic carbocycles. The second-order valence-electron chi connectivity index (χ2n) is 5.53. The van der Waals surface area contributed by atoms with Gasteiger partial charge in [0.1, 0.15) is 6.04 Å². The summed E-state index contributed by atoms with van der Waals surface area (Å²) in [7, 11) is 1.92. The molecule has 0 bridgehead atoms. The lowest BCUT2D eigenvalue weighted by Gasteiger charge is -2.40. The largest absolute Gasteiger partial charge is 0.368 e. The molecule has 1 heterocycles. The maximum Gasteiger partial charge on any atom is 0.241 e. The van der Waals surface area contributed by atoms with Crippen molar-refractivity contribution in [1.82, 2.24) is 9.80 Å². The molecule has 114 valence electrons. The van der Waals surface area contributed by atoms with Gasteiger partial charge >= 0.3 is 0 Å². The van der Waals surface area contributed by atoms with Crippen LogP contribution in [0.4, 0.5) is 0 Å².